The third-order valence-corrected chi connectivity index (χ3v) is 6.65. The van der Waals surface area contributed by atoms with Crippen LogP contribution in [-0.2, 0) is 0 Å². The number of Topliss-reactive ketones (excluding diaryl/α,β-unsaturated/α-hetero) is 2. The van der Waals surface area contributed by atoms with Gasteiger partial charge in [0.2, 0.25) is 5.88 Å². The lowest BCUT2D eigenvalue weighted by Gasteiger charge is -2.09. The first kappa shape index (κ1) is 23.4. The summed E-state index contributed by atoms with van der Waals surface area (Å²) in [7, 11) is 4.53. The average Bonchev–Trinajstić information content (AvgIpc) is 3.31. The van der Waals surface area contributed by atoms with Crippen molar-refractivity contribution >= 4 is 33.0 Å². The minimum absolute atomic E-state index is 0.0102. The maximum Gasteiger partial charge on any atom is 0.217 e. The smallest absolute Gasteiger partial charge is 0.217 e. The first-order chi connectivity index (χ1) is 16.4. The molecule has 8 heteroatoms. The van der Waals surface area contributed by atoms with Crippen LogP contribution in [-0.4, -0.2) is 42.9 Å². The number of ether oxygens (including phenoxy) is 3. The van der Waals surface area contributed by atoms with Crippen molar-refractivity contribution in [1.82, 2.24) is 9.97 Å². The first-order valence-electron chi connectivity index (χ1n) is 10.6. The Morgan fingerprint density at radius 3 is 2.38 bits per heavy atom. The molecule has 0 aliphatic rings. The SMILES string of the molecule is COc1cc(C(=O)CCC(=O)c2ccc(OC)c(OC)c2)nc(-c2csc3c(C)cccc23)n1. The number of hydrogen-bond donors (Lipinski definition) is 0. The standard InChI is InChI=1S/C26H24N2O5S/c1-15-6-5-7-17-18(14-34-25(15)17)26-27-19(13-24(28-26)33-4)21(30)10-9-20(29)16-8-11-22(31-2)23(12-16)32-3/h5-8,11-14H,9-10H2,1-4H3. The van der Waals surface area contributed by atoms with E-state index in [1.807, 2.05) is 17.5 Å². The van der Waals surface area contributed by atoms with Crippen LogP contribution in [0, 0.1) is 6.92 Å². The number of benzene rings is 2. The average molecular weight is 477 g/mol. The minimum Gasteiger partial charge on any atom is -0.493 e. The van der Waals surface area contributed by atoms with Gasteiger partial charge < -0.3 is 14.2 Å². The molecule has 0 saturated heterocycles. The molecule has 0 radical (unpaired) electrons. The normalized spacial score (nSPS) is 10.8. The summed E-state index contributed by atoms with van der Waals surface area (Å²) >= 11 is 1.61. The lowest BCUT2D eigenvalue weighted by molar-refractivity contribution is 0.0914. The van der Waals surface area contributed by atoms with Gasteiger partial charge in [0, 0.05) is 45.5 Å². The van der Waals surface area contributed by atoms with E-state index in [1.54, 1.807) is 29.5 Å². The number of carbonyl (C=O) groups is 2. The third-order valence-electron chi connectivity index (χ3n) is 5.52. The number of thiophene rings is 1. The van der Waals surface area contributed by atoms with Crippen molar-refractivity contribution in [2.45, 2.75) is 19.8 Å². The topological polar surface area (TPSA) is 87.6 Å². The molecule has 7 nitrogen and oxygen atoms in total. The van der Waals surface area contributed by atoms with Crippen LogP contribution < -0.4 is 14.2 Å². The molecule has 174 valence electrons. The second kappa shape index (κ2) is 10.0. The number of hydrogen-bond acceptors (Lipinski definition) is 8. The molecule has 0 fully saturated rings. The van der Waals surface area contributed by atoms with E-state index >= 15 is 0 Å². The van der Waals surface area contributed by atoms with Gasteiger partial charge in [-0.2, -0.15) is 4.98 Å². The highest BCUT2D eigenvalue weighted by Gasteiger charge is 2.18. The van der Waals surface area contributed by atoms with E-state index in [2.05, 4.69) is 23.0 Å². The molecular weight excluding hydrogens is 452 g/mol. The fraction of sp³-hybridized carbons (Fsp3) is 0.231. The fourth-order valence-electron chi connectivity index (χ4n) is 3.68. The van der Waals surface area contributed by atoms with Gasteiger partial charge in [-0.05, 0) is 30.7 Å². The summed E-state index contributed by atoms with van der Waals surface area (Å²) < 4.78 is 16.9. The number of ketones is 2. The number of rotatable bonds is 9. The van der Waals surface area contributed by atoms with Gasteiger partial charge in [-0.15, -0.1) is 11.3 Å². The van der Waals surface area contributed by atoms with E-state index in [9.17, 15) is 9.59 Å². The molecule has 2 aromatic heterocycles. The first-order valence-corrected chi connectivity index (χ1v) is 11.5. The molecule has 4 aromatic rings. The number of methoxy groups -OCH3 is 3. The Hall–Kier alpha value is -3.78. The third kappa shape index (κ3) is 4.63. The largest absolute Gasteiger partial charge is 0.493 e. The molecule has 0 saturated carbocycles. The van der Waals surface area contributed by atoms with E-state index in [1.165, 1.54) is 33.0 Å². The zero-order valence-corrected chi connectivity index (χ0v) is 20.2. The molecule has 34 heavy (non-hydrogen) atoms. The summed E-state index contributed by atoms with van der Waals surface area (Å²) in [6.07, 6.45) is 0.0484. The molecule has 2 heterocycles. The zero-order valence-electron chi connectivity index (χ0n) is 19.4. The molecule has 0 N–H and O–H groups in total. The van der Waals surface area contributed by atoms with Crippen molar-refractivity contribution < 1.29 is 23.8 Å². The molecular formula is C26H24N2O5S. The summed E-state index contributed by atoms with van der Waals surface area (Å²) in [4.78, 5) is 34.7. The Labute approximate surface area is 201 Å². The van der Waals surface area contributed by atoms with Crippen molar-refractivity contribution in [3.63, 3.8) is 0 Å². The van der Waals surface area contributed by atoms with Gasteiger partial charge in [0.1, 0.15) is 5.69 Å². The van der Waals surface area contributed by atoms with Crippen LogP contribution in [0.5, 0.6) is 17.4 Å². The van der Waals surface area contributed by atoms with E-state index in [-0.39, 0.29) is 30.1 Å². The Morgan fingerprint density at radius 2 is 1.65 bits per heavy atom. The molecule has 0 aliphatic carbocycles. The second-order valence-corrected chi connectivity index (χ2v) is 8.52. The Bertz CT molecular complexity index is 1380. The van der Waals surface area contributed by atoms with Crippen molar-refractivity contribution in [3.8, 4) is 28.8 Å². The lowest BCUT2D eigenvalue weighted by Crippen LogP contribution is -2.09. The van der Waals surface area contributed by atoms with Gasteiger partial charge in [0.15, 0.2) is 28.9 Å². The maximum absolute atomic E-state index is 13.0. The van der Waals surface area contributed by atoms with Gasteiger partial charge in [-0.3, -0.25) is 9.59 Å². The molecule has 2 aromatic carbocycles. The molecule has 0 atom stereocenters. The van der Waals surface area contributed by atoms with E-state index in [4.69, 9.17) is 14.2 Å². The van der Waals surface area contributed by atoms with Gasteiger partial charge in [0.05, 0.1) is 21.3 Å². The second-order valence-electron chi connectivity index (χ2n) is 7.64. The lowest BCUT2D eigenvalue weighted by atomic mass is 10.0. The predicted molar refractivity (Wildman–Crippen MR) is 132 cm³/mol. The molecule has 4 rings (SSSR count). The number of nitrogens with zero attached hydrogens (tertiary/aromatic N) is 2. The van der Waals surface area contributed by atoms with Gasteiger partial charge >= 0.3 is 0 Å². The molecule has 0 spiro atoms. The van der Waals surface area contributed by atoms with Crippen molar-refractivity contribution in [2.75, 3.05) is 21.3 Å². The van der Waals surface area contributed by atoms with Crippen molar-refractivity contribution in [1.29, 1.82) is 0 Å². The van der Waals surface area contributed by atoms with Crippen molar-refractivity contribution in [3.05, 3.63) is 64.7 Å². The van der Waals surface area contributed by atoms with Crippen molar-refractivity contribution in [2.24, 2.45) is 0 Å². The Kier molecular flexibility index (Phi) is 6.88. The molecule has 0 bridgehead atoms. The maximum atomic E-state index is 13.0. The highest BCUT2D eigenvalue weighted by molar-refractivity contribution is 7.18. The van der Waals surface area contributed by atoms with Crippen LogP contribution >= 0.6 is 11.3 Å². The number of aryl methyl sites for hydroxylation is 1. The van der Waals surface area contributed by atoms with Crippen LogP contribution in [0.25, 0.3) is 21.5 Å². The van der Waals surface area contributed by atoms with Crippen LogP contribution in [0.2, 0.25) is 0 Å². The summed E-state index contributed by atoms with van der Waals surface area (Å²) in [6.45, 7) is 2.05. The molecule has 0 unspecified atom stereocenters. The number of carbonyl (C=O) groups excluding carboxylic acids is 2. The number of fused-ring (bicyclic) bond motifs is 1. The quantitative estimate of drug-likeness (QED) is 0.293. The van der Waals surface area contributed by atoms with Gasteiger partial charge in [0.25, 0.3) is 0 Å². The fourth-order valence-corrected chi connectivity index (χ4v) is 4.70. The Balaban J connectivity index is 1.57. The Morgan fingerprint density at radius 1 is 0.882 bits per heavy atom. The summed E-state index contributed by atoms with van der Waals surface area (Å²) in [5.41, 5.74) is 2.68. The summed E-state index contributed by atoms with van der Waals surface area (Å²) in [6, 6.07) is 12.5. The number of aromatic nitrogens is 2. The monoisotopic (exact) mass is 476 g/mol. The van der Waals surface area contributed by atoms with E-state index < -0.39 is 0 Å². The van der Waals surface area contributed by atoms with Crippen LogP contribution in [0.3, 0.4) is 0 Å². The highest BCUT2D eigenvalue weighted by Crippen LogP contribution is 2.35. The van der Waals surface area contributed by atoms with Crippen LogP contribution in [0.4, 0.5) is 0 Å². The summed E-state index contributed by atoms with van der Waals surface area (Å²) in [5.74, 6) is 1.29. The van der Waals surface area contributed by atoms with Gasteiger partial charge in [-0.1, -0.05) is 18.2 Å². The van der Waals surface area contributed by atoms with Crippen LogP contribution in [0.15, 0.2) is 47.8 Å². The van der Waals surface area contributed by atoms with Gasteiger partial charge in [-0.25, -0.2) is 4.98 Å². The molecule has 0 aliphatic heterocycles. The van der Waals surface area contributed by atoms with E-state index in [0.717, 1.165) is 15.6 Å². The highest BCUT2D eigenvalue weighted by atomic mass is 32.1. The molecule has 0 amide bonds. The van der Waals surface area contributed by atoms with Crippen LogP contribution in [0.1, 0.15) is 39.3 Å². The minimum atomic E-state index is -0.258. The van der Waals surface area contributed by atoms with E-state index in [0.29, 0.717) is 28.8 Å². The predicted octanol–water partition coefficient (Wildman–Crippen LogP) is 5.54. The summed E-state index contributed by atoms with van der Waals surface area (Å²) in [5, 5.41) is 3.02. The zero-order chi connectivity index (χ0) is 24.2.